The van der Waals surface area contributed by atoms with Gasteiger partial charge in [0, 0.05) is 35.4 Å². The molecule has 2 aliphatic heterocycles. The number of aliphatic hydroxyl groups is 1. The Labute approximate surface area is 195 Å². The smallest absolute Gasteiger partial charge is 0.131 e. The molecule has 2 bridgehead atoms. The summed E-state index contributed by atoms with van der Waals surface area (Å²) in [4.78, 5) is 4.52. The highest BCUT2D eigenvalue weighted by atomic mass is 16.3. The highest BCUT2D eigenvalue weighted by Crippen LogP contribution is 2.54. The molecule has 3 heteroatoms. The Kier molecular flexibility index (Phi) is 4.86. The topological polar surface area (TPSA) is 33.1 Å². The Morgan fingerprint density at radius 1 is 1.06 bits per heavy atom. The van der Waals surface area contributed by atoms with Gasteiger partial charge in [0.05, 0.1) is 12.1 Å². The minimum Gasteiger partial charge on any atom is -0.382 e. The maximum atomic E-state index is 11.9. The third-order valence-electron chi connectivity index (χ3n) is 8.46. The van der Waals surface area contributed by atoms with Crippen LogP contribution in [0.5, 0.6) is 0 Å². The molecule has 2 saturated heterocycles. The number of pyridine rings is 1. The number of rotatable bonds is 5. The van der Waals surface area contributed by atoms with Crippen LogP contribution in [-0.4, -0.2) is 33.2 Å². The maximum Gasteiger partial charge on any atom is 0.131 e. The third-order valence-corrected chi connectivity index (χ3v) is 8.46. The highest BCUT2D eigenvalue weighted by Gasteiger charge is 2.63. The van der Waals surface area contributed by atoms with Gasteiger partial charge in [0.25, 0.3) is 0 Å². The van der Waals surface area contributed by atoms with E-state index < -0.39 is 6.10 Å². The zero-order chi connectivity index (χ0) is 22.6. The van der Waals surface area contributed by atoms with Gasteiger partial charge >= 0.3 is 0 Å². The number of quaternary nitrogens is 1. The first-order chi connectivity index (χ1) is 16.1. The standard InChI is InChI=1S/C30H31N2O/c1-3-28-26-17-29(30(33)25-14-15-31-27-11-7-6-10-24(25)27)32(28,18-20(26)2)19-21-12-13-22-8-4-5-9-23(22)16-21/h3-16,20,26,28-30,33H,1,17-19H2,2H3/q+1. The summed E-state index contributed by atoms with van der Waals surface area (Å²) in [6.45, 7) is 8.65. The fourth-order valence-electron chi connectivity index (χ4n) is 7.07. The summed E-state index contributed by atoms with van der Waals surface area (Å²) >= 11 is 0. The van der Waals surface area contributed by atoms with Crippen LogP contribution < -0.4 is 0 Å². The minimum absolute atomic E-state index is 0.145. The molecule has 33 heavy (non-hydrogen) atoms. The molecular weight excluding hydrogens is 404 g/mol. The SMILES string of the molecule is C=CC1C2CC(C(O)c3ccnc4ccccc34)[N+]1(Cc1ccc3ccccc3c1)CC2C. The quantitative estimate of drug-likeness (QED) is 0.307. The van der Waals surface area contributed by atoms with Crippen molar-refractivity contribution in [3.8, 4) is 0 Å². The van der Waals surface area contributed by atoms with Crippen LogP contribution in [0.3, 0.4) is 0 Å². The molecule has 3 nitrogen and oxygen atoms in total. The summed E-state index contributed by atoms with van der Waals surface area (Å²) in [6, 6.07) is 26.1. The largest absolute Gasteiger partial charge is 0.382 e. The molecule has 3 aromatic carbocycles. The van der Waals surface area contributed by atoms with Gasteiger partial charge in [0.2, 0.25) is 0 Å². The number of piperidine rings is 1. The molecule has 0 amide bonds. The van der Waals surface area contributed by atoms with Crippen molar-refractivity contribution in [2.24, 2.45) is 11.8 Å². The Hall–Kier alpha value is -3.01. The van der Waals surface area contributed by atoms with Crippen molar-refractivity contribution in [1.29, 1.82) is 0 Å². The molecule has 6 unspecified atom stereocenters. The predicted octanol–water partition coefficient (Wildman–Crippen LogP) is 6.03. The number of hydrogen-bond donors (Lipinski definition) is 1. The summed E-state index contributed by atoms with van der Waals surface area (Å²) in [7, 11) is 0. The number of aliphatic hydroxyl groups excluding tert-OH is 1. The third kappa shape index (κ3) is 3.14. The first-order valence-electron chi connectivity index (χ1n) is 12.1. The maximum absolute atomic E-state index is 11.9. The average Bonchev–Trinajstić information content (AvgIpc) is 3.30. The number of benzene rings is 3. The van der Waals surface area contributed by atoms with Crippen LogP contribution in [0, 0.1) is 11.8 Å². The summed E-state index contributed by atoms with van der Waals surface area (Å²) in [5.74, 6) is 1.20. The van der Waals surface area contributed by atoms with E-state index in [9.17, 15) is 5.11 Å². The normalized spacial score (nSPS) is 29.5. The predicted molar refractivity (Wildman–Crippen MR) is 135 cm³/mol. The first-order valence-corrected chi connectivity index (χ1v) is 12.1. The number of nitrogens with zero attached hydrogens (tertiary/aromatic N) is 2. The van der Waals surface area contributed by atoms with Crippen molar-refractivity contribution < 1.29 is 9.59 Å². The second-order valence-corrected chi connectivity index (χ2v) is 10.2. The van der Waals surface area contributed by atoms with E-state index in [2.05, 4.69) is 73.1 Å². The van der Waals surface area contributed by atoms with E-state index in [4.69, 9.17) is 0 Å². The van der Waals surface area contributed by atoms with E-state index >= 15 is 0 Å². The molecule has 6 atom stereocenters. The minimum atomic E-state index is -0.529. The van der Waals surface area contributed by atoms with Gasteiger partial charge in [0.1, 0.15) is 24.7 Å². The van der Waals surface area contributed by atoms with Crippen molar-refractivity contribution in [3.63, 3.8) is 0 Å². The lowest BCUT2D eigenvalue weighted by Crippen LogP contribution is -2.56. The van der Waals surface area contributed by atoms with E-state index in [1.54, 1.807) is 0 Å². The van der Waals surface area contributed by atoms with Crippen molar-refractivity contribution in [2.75, 3.05) is 6.54 Å². The average molecular weight is 436 g/mol. The lowest BCUT2D eigenvalue weighted by atomic mass is 9.84. The van der Waals surface area contributed by atoms with Crippen molar-refractivity contribution in [1.82, 2.24) is 4.98 Å². The monoisotopic (exact) mass is 435 g/mol. The van der Waals surface area contributed by atoms with Gasteiger partial charge in [-0.1, -0.05) is 68.1 Å². The molecule has 0 spiro atoms. The fraction of sp³-hybridized carbons (Fsp3) is 0.300. The molecule has 4 aromatic rings. The summed E-state index contributed by atoms with van der Waals surface area (Å²) in [5.41, 5.74) is 3.29. The van der Waals surface area contributed by atoms with Gasteiger partial charge in [0.15, 0.2) is 0 Å². The zero-order valence-electron chi connectivity index (χ0n) is 19.1. The van der Waals surface area contributed by atoms with Gasteiger partial charge in [-0.05, 0) is 40.6 Å². The fourth-order valence-corrected chi connectivity index (χ4v) is 7.07. The molecule has 2 aliphatic rings. The van der Waals surface area contributed by atoms with Gasteiger partial charge in [-0.3, -0.25) is 4.98 Å². The van der Waals surface area contributed by atoms with E-state index in [1.165, 1.54) is 16.3 Å². The second-order valence-electron chi connectivity index (χ2n) is 10.2. The van der Waals surface area contributed by atoms with Crippen molar-refractivity contribution in [2.45, 2.75) is 38.1 Å². The molecule has 6 rings (SSSR count). The number of fused-ring (bicyclic) bond motifs is 4. The zero-order valence-corrected chi connectivity index (χ0v) is 19.1. The first kappa shape index (κ1) is 20.6. The Bertz CT molecular complexity index is 1340. The molecule has 0 radical (unpaired) electrons. The van der Waals surface area contributed by atoms with E-state index in [1.807, 2.05) is 30.5 Å². The molecular formula is C30H31N2O+. The summed E-state index contributed by atoms with van der Waals surface area (Å²) < 4.78 is 0.894. The van der Waals surface area contributed by atoms with Crippen LogP contribution in [0.2, 0.25) is 0 Å². The molecule has 1 aromatic heterocycles. The van der Waals surface area contributed by atoms with Gasteiger partial charge in [-0.15, -0.1) is 0 Å². The molecule has 2 fully saturated rings. The lowest BCUT2D eigenvalue weighted by molar-refractivity contribution is -0.965. The number of aromatic nitrogens is 1. The number of hydrogen-bond acceptors (Lipinski definition) is 2. The lowest BCUT2D eigenvalue weighted by Gasteiger charge is -2.44. The van der Waals surface area contributed by atoms with Crippen LogP contribution in [0.25, 0.3) is 21.7 Å². The van der Waals surface area contributed by atoms with Gasteiger partial charge in [-0.2, -0.15) is 0 Å². The number of para-hydroxylation sites is 1. The van der Waals surface area contributed by atoms with Crippen molar-refractivity contribution >= 4 is 21.7 Å². The van der Waals surface area contributed by atoms with E-state index in [-0.39, 0.29) is 6.04 Å². The molecule has 0 saturated carbocycles. The van der Waals surface area contributed by atoms with Crippen LogP contribution in [0.1, 0.15) is 30.6 Å². The highest BCUT2D eigenvalue weighted by molar-refractivity contribution is 5.83. The summed E-state index contributed by atoms with van der Waals surface area (Å²) in [6.07, 6.45) is 4.51. The molecule has 166 valence electrons. The van der Waals surface area contributed by atoms with Crippen molar-refractivity contribution in [3.05, 3.63) is 103 Å². The Balaban J connectivity index is 1.43. The molecule has 3 heterocycles. The molecule has 1 N–H and O–H groups in total. The summed E-state index contributed by atoms with van der Waals surface area (Å²) in [5, 5.41) is 15.5. The van der Waals surface area contributed by atoms with E-state index in [0.29, 0.717) is 17.9 Å². The molecule has 0 aliphatic carbocycles. The van der Waals surface area contributed by atoms with Crippen LogP contribution in [0.4, 0.5) is 0 Å². The Morgan fingerprint density at radius 3 is 2.70 bits per heavy atom. The van der Waals surface area contributed by atoms with Crippen LogP contribution >= 0.6 is 0 Å². The van der Waals surface area contributed by atoms with Crippen LogP contribution in [-0.2, 0) is 6.54 Å². The van der Waals surface area contributed by atoms with Gasteiger partial charge < -0.3 is 9.59 Å². The second kappa shape index (κ2) is 7.79. The van der Waals surface area contributed by atoms with E-state index in [0.717, 1.165) is 40.5 Å². The van der Waals surface area contributed by atoms with Crippen LogP contribution in [0.15, 0.2) is 91.6 Å². The Morgan fingerprint density at radius 2 is 1.85 bits per heavy atom. The van der Waals surface area contributed by atoms with Gasteiger partial charge in [-0.25, -0.2) is 0 Å².